The average Bonchev–Trinajstić information content (AvgIpc) is 3.33. The van der Waals surface area contributed by atoms with Gasteiger partial charge in [0.15, 0.2) is 5.88 Å². The lowest BCUT2D eigenvalue weighted by Gasteiger charge is -2.26. The van der Waals surface area contributed by atoms with Gasteiger partial charge in [-0.2, -0.15) is 0 Å². The first-order valence-electron chi connectivity index (χ1n) is 10.5. The Balaban J connectivity index is 1.49. The molecule has 0 radical (unpaired) electrons. The maximum atomic E-state index is 10.3. The molecule has 4 rings (SSSR count). The second kappa shape index (κ2) is 8.29. The van der Waals surface area contributed by atoms with Crippen molar-refractivity contribution in [2.75, 3.05) is 31.1 Å². The number of aromatic amines is 1. The van der Waals surface area contributed by atoms with E-state index in [0.29, 0.717) is 6.04 Å². The van der Waals surface area contributed by atoms with Crippen molar-refractivity contribution in [2.45, 2.75) is 33.2 Å². The van der Waals surface area contributed by atoms with Crippen LogP contribution in [0.15, 0.2) is 47.5 Å². The van der Waals surface area contributed by atoms with E-state index in [1.807, 2.05) is 25.1 Å². The zero-order chi connectivity index (χ0) is 20.4. The number of benzene rings is 2. The van der Waals surface area contributed by atoms with E-state index in [1.165, 1.54) is 12.1 Å². The van der Waals surface area contributed by atoms with Crippen LogP contribution >= 0.6 is 0 Å². The van der Waals surface area contributed by atoms with Gasteiger partial charge in [0, 0.05) is 41.9 Å². The van der Waals surface area contributed by atoms with Gasteiger partial charge in [0.25, 0.3) is 0 Å². The van der Waals surface area contributed by atoms with Crippen molar-refractivity contribution in [3.8, 4) is 5.88 Å². The van der Waals surface area contributed by atoms with Gasteiger partial charge in [-0.3, -0.25) is 9.89 Å². The molecule has 2 aromatic carbocycles. The summed E-state index contributed by atoms with van der Waals surface area (Å²) < 4.78 is 0. The number of aryl methyl sites for hydroxylation is 1. The fraction of sp³-hybridized carbons (Fsp3) is 0.375. The lowest BCUT2D eigenvalue weighted by molar-refractivity contribution is 0.232. The summed E-state index contributed by atoms with van der Waals surface area (Å²) in [5.74, 6) is 0.161. The molecule has 5 nitrogen and oxygen atoms in total. The summed E-state index contributed by atoms with van der Waals surface area (Å²) in [5, 5.41) is 11.3. The summed E-state index contributed by atoms with van der Waals surface area (Å²) in [6, 6.07) is 15.0. The number of hydrogen-bond donors (Lipinski definition) is 2. The Morgan fingerprint density at radius 1 is 1.17 bits per heavy atom. The topological polar surface area (TPSA) is 54.9 Å². The van der Waals surface area contributed by atoms with Gasteiger partial charge in [0.2, 0.25) is 0 Å². The van der Waals surface area contributed by atoms with Crippen LogP contribution in [0.2, 0.25) is 0 Å². The lowest BCUT2D eigenvalue weighted by atomic mass is 10.1. The van der Waals surface area contributed by atoms with Crippen LogP contribution in [-0.2, 0) is 0 Å². The van der Waals surface area contributed by atoms with Crippen LogP contribution < -0.4 is 4.90 Å². The molecule has 1 aliphatic rings. The fourth-order valence-corrected chi connectivity index (χ4v) is 4.47. The maximum absolute atomic E-state index is 10.3. The minimum atomic E-state index is 0.161. The molecule has 2 N–H and O–H groups in total. The SMILES string of the molecule is CCN(CC)C1CCN(c2ccc(N=Cc3c(O)[nH]c4cccc(C)c34)cc2)C1. The van der Waals surface area contributed by atoms with Crippen LogP contribution in [0.25, 0.3) is 10.9 Å². The molecule has 3 aromatic rings. The molecule has 0 amide bonds. The standard InChI is InChI=1S/C24H30N4O/c1-4-27(5-2)20-13-14-28(16-20)19-11-9-18(10-12-19)25-15-21-23-17(3)7-6-8-22(23)26-24(21)29/h6-12,15,20,26,29H,4-5,13-14,16H2,1-3H3. The van der Waals surface area contributed by atoms with Crippen LogP contribution in [0.5, 0.6) is 5.88 Å². The van der Waals surface area contributed by atoms with Crippen LogP contribution in [0.1, 0.15) is 31.4 Å². The Bertz CT molecular complexity index is 1000. The number of fused-ring (bicyclic) bond motifs is 1. The summed E-state index contributed by atoms with van der Waals surface area (Å²) in [5.41, 5.74) is 4.92. The summed E-state index contributed by atoms with van der Waals surface area (Å²) in [7, 11) is 0. The van der Waals surface area contributed by atoms with Gasteiger partial charge in [-0.1, -0.05) is 26.0 Å². The Labute approximate surface area is 172 Å². The minimum absolute atomic E-state index is 0.161. The first kappa shape index (κ1) is 19.5. The summed E-state index contributed by atoms with van der Waals surface area (Å²) in [6.45, 7) is 11.0. The Kier molecular flexibility index (Phi) is 5.58. The number of hydrogen-bond acceptors (Lipinski definition) is 4. The van der Waals surface area contributed by atoms with E-state index in [0.717, 1.165) is 53.9 Å². The monoisotopic (exact) mass is 390 g/mol. The zero-order valence-electron chi connectivity index (χ0n) is 17.5. The van der Waals surface area contributed by atoms with E-state index in [2.05, 4.69) is 57.9 Å². The molecule has 1 unspecified atom stereocenters. The van der Waals surface area contributed by atoms with Crippen LogP contribution in [0, 0.1) is 6.92 Å². The van der Waals surface area contributed by atoms with E-state index < -0.39 is 0 Å². The third-order valence-corrected chi connectivity index (χ3v) is 6.10. The summed E-state index contributed by atoms with van der Waals surface area (Å²) >= 11 is 0. The molecule has 152 valence electrons. The van der Waals surface area contributed by atoms with E-state index in [9.17, 15) is 5.11 Å². The lowest BCUT2D eigenvalue weighted by Crippen LogP contribution is -2.37. The molecule has 0 saturated carbocycles. The van der Waals surface area contributed by atoms with Crippen molar-refractivity contribution >= 4 is 28.5 Å². The number of likely N-dealkylation sites (N-methyl/N-ethyl adjacent to an activating group) is 1. The molecular formula is C24H30N4O. The van der Waals surface area contributed by atoms with Gasteiger partial charge >= 0.3 is 0 Å². The number of anilines is 1. The molecule has 1 aromatic heterocycles. The second-order valence-electron chi connectivity index (χ2n) is 7.77. The van der Waals surface area contributed by atoms with Gasteiger partial charge in [0.05, 0.1) is 11.3 Å². The highest BCUT2D eigenvalue weighted by Gasteiger charge is 2.26. The molecule has 1 atom stereocenters. The quantitative estimate of drug-likeness (QED) is 0.592. The van der Waals surface area contributed by atoms with Gasteiger partial charge in [0.1, 0.15) is 0 Å². The number of rotatable bonds is 6. The van der Waals surface area contributed by atoms with Gasteiger partial charge in [-0.15, -0.1) is 0 Å². The first-order chi connectivity index (χ1) is 14.1. The Hall–Kier alpha value is -2.79. The van der Waals surface area contributed by atoms with Crippen molar-refractivity contribution in [3.05, 3.63) is 53.6 Å². The molecule has 1 aliphatic heterocycles. The predicted octanol–water partition coefficient (Wildman–Crippen LogP) is 4.85. The number of nitrogens with one attached hydrogen (secondary N) is 1. The van der Waals surface area contributed by atoms with E-state index in [1.54, 1.807) is 6.21 Å². The van der Waals surface area contributed by atoms with Gasteiger partial charge in [-0.25, -0.2) is 0 Å². The third-order valence-electron chi connectivity index (χ3n) is 6.10. The fourth-order valence-electron chi connectivity index (χ4n) is 4.47. The van der Waals surface area contributed by atoms with Crippen molar-refractivity contribution in [2.24, 2.45) is 4.99 Å². The van der Waals surface area contributed by atoms with Crippen molar-refractivity contribution < 1.29 is 5.11 Å². The molecular weight excluding hydrogens is 360 g/mol. The second-order valence-corrected chi connectivity index (χ2v) is 7.77. The maximum Gasteiger partial charge on any atom is 0.198 e. The van der Waals surface area contributed by atoms with Crippen molar-refractivity contribution in [3.63, 3.8) is 0 Å². The van der Waals surface area contributed by atoms with Crippen LogP contribution in [0.4, 0.5) is 11.4 Å². The Morgan fingerprint density at radius 2 is 1.93 bits per heavy atom. The number of aromatic hydroxyl groups is 1. The smallest absolute Gasteiger partial charge is 0.198 e. The molecule has 1 fully saturated rings. The molecule has 1 saturated heterocycles. The number of aromatic nitrogens is 1. The molecule has 0 spiro atoms. The number of H-pyrrole nitrogens is 1. The van der Waals surface area contributed by atoms with Crippen LogP contribution in [0.3, 0.4) is 0 Å². The van der Waals surface area contributed by atoms with Gasteiger partial charge < -0.3 is 15.0 Å². The van der Waals surface area contributed by atoms with E-state index >= 15 is 0 Å². The van der Waals surface area contributed by atoms with E-state index in [-0.39, 0.29) is 5.88 Å². The van der Waals surface area contributed by atoms with Crippen molar-refractivity contribution in [1.82, 2.24) is 9.88 Å². The minimum Gasteiger partial charge on any atom is -0.494 e. The van der Waals surface area contributed by atoms with Crippen LogP contribution in [-0.4, -0.2) is 53.4 Å². The highest BCUT2D eigenvalue weighted by molar-refractivity contribution is 6.04. The molecule has 5 heteroatoms. The molecule has 0 aliphatic carbocycles. The number of aliphatic imine (C=N–C) groups is 1. The summed E-state index contributed by atoms with van der Waals surface area (Å²) in [6.07, 6.45) is 2.98. The largest absolute Gasteiger partial charge is 0.494 e. The predicted molar refractivity (Wildman–Crippen MR) is 122 cm³/mol. The molecule has 2 heterocycles. The zero-order valence-corrected chi connectivity index (χ0v) is 17.5. The normalized spacial score (nSPS) is 17.2. The first-order valence-corrected chi connectivity index (χ1v) is 10.5. The average molecular weight is 391 g/mol. The van der Waals surface area contributed by atoms with E-state index in [4.69, 9.17) is 0 Å². The van der Waals surface area contributed by atoms with Gasteiger partial charge in [-0.05, 0) is 62.3 Å². The van der Waals surface area contributed by atoms with Crippen molar-refractivity contribution in [1.29, 1.82) is 0 Å². The number of nitrogens with zero attached hydrogens (tertiary/aromatic N) is 3. The Morgan fingerprint density at radius 3 is 2.66 bits per heavy atom. The highest BCUT2D eigenvalue weighted by Crippen LogP contribution is 2.29. The highest BCUT2D eigenvalue weighted by atomic mass is 16.3. The third kappa shape index (κ3) is 3.87. The summed E-state index contributed by atoms with van der Waals surface area (Å²) in [4.78, 5) is 12.6. The molecule has 0 bridgehead atoms. The molecule has 29 heavy (non-hydrogen) atoms.